The summed E-state index contributed by atoms with van der Waals surface area (Å²) in [6, 6.07) is 13.2. The summed E-state index contributed by atoms with van der Waals surface area (Å²) >= 11 is 6.05. The van der Waals surface area contributed by atoms with E-state index in [1.54, 1.807) is 6.07 Å². The third-order valence-electron chi connectivity index (χ3n) is 3.32. The molecule has 1 nitrogen and oxygen atoms in total. The Morgan fingerprint density at radius 3 is 2.83 bits per heavy atom. The molecule has 1 aliphatic heterocycles. The van der Waals surface area contributed by atoms with Crippen molar-refractivity contribution in [3.8, 4) is 0 Å². The maximum Gasteiger partial charge on any atom is 0.124 e. The minimum Gasteiger partial charge on any atom is -0.381 e. The minimum absolute atomic E-state index is 0.286. The maximum atomic E-state index is 13.0. The fourth-order valence-electron chi connectivity index (χ4n) is 2.45. The summed E-state index contributed by atoms with van der Waals surface area (Å²) in [7, 11) is 0. The van der Waals surface area contributed by atoms with Gasteiger partial charge in [-0.05, 0) is 42.2 Å². The lowest BCUT2D eigenvalue weighted by Crippen LogP contribution is -2.18. The fourth-order valence-corrected chi connectivity index (χ4v) is 2.70. The zero-order chi connectivity index (χ0) is 12.5. The monoisotopic (exact) mass is 261 g/mol. The van der Waals surface area contributed by atoms with Gasteiger partial charge in [-0.3, -0.25) is 0 Å². The lowest BCUT2D eigenvalue weighted by Gasteiger charge is -2.12. The van der Waals surface area contributed by atoms with Crippen LogP contribution in [-0.2, 0) is 12.8 Å². The van der Waals surface area contributed by atoms with Crippen LogP contribution in [0.4, 0.5) is 10.1 Å². The van der Waals surface area contributed by atoms with E-state index in [1.807, 2.05) is 12.1 Å². The highest BCUT2D eigenvalue weighted by molar-refractivity contribution is 6.31. The molecule has 0 amide bonds. The molecule has 0 bridgehead atoms. The second-order valence-electron chi connectivity index (χ2n) is 4.64. The van der Waals surface area contributed by atoms with Gasteiger partial charge in [0.25, 0.3) is 0 Å². The molecule has 1 aliphatic rings. The van der Waals surface area contributed by atoms with E-state index in [2.05, 4.69) is 17.4 Å². The van der Waals surface area contributed by atoms with Crippen molar-refractivity contribution in [2.45, 2.75) is 18.9 Å². The predicted molar refractivity (Wildman–Crippen MR) is 72.7 cm³/mol. The predicted octanol–water partition coefficient (Wildman–Crippen LogP) is 4.06. The van der Waals surface area contributed by atoms with Crippen LogP contribution in [0.2, 0.25) is 5.02 Å². The molecule has 1 unspecified atom stereocenters. The quantitative estimate of drug-likeness (QED) is 0.860. The summed E-state index contributed by atoms with van der Waals surface area (Å²) in [5, 5.41) is 3.98. The zero-order valence-electron chi connectivity index (χ0n) is 9.79. The number of rotatable bonds is 2. The van der Waals surface area contributed by atoms with Crippen LogP contribution in [0.3, 0.4) is 0 Å². The van der Waals surface area contributed by atoms with Crippen LogP contribution in [-0.4, -0.2) is 6.04 Å². The molecule has 0 aliphatic carbocycles. The lowest BCUT2D eigenvalue weighted by atomic mass is 10.0. The first-order chi connectivity index (χ1) is 8.72. The van der Waals surface area contributed by atoms with E-state index in [0.29, 0.717) is 11.1 Å². The van der Waals surface area contributed by atoms with Crippen LogP contribution >= 0.6 is 11.6 Å². The van der Waals surface area contributed by atoms with E-state index in [0.717, 1.165) is 18.4 Å². The molecule has 18 heavy (non-hydrogen) atoms. The highest BCUT2D eigenvalue weighted by atomic mass is 35.5. The zero-order valence-corrected chi connectivity index (χ0v) is 10.5. The first-order valence-corrected chi connectivity index (χ1v) is 6.38. The Bertz CT molecular complexity index is 557. The molecule has 1 atom stereocenters. The van der Waals surface area contributed by atoms with Crippen molar-refractivity contribution in [3.63, 3.8) is 0 Å². The van der Waals surface area contributed by atoms with Crippen molar-refractivity contribution >= 4 is 17.3 Å². The van der Waals surface area contributed by atoms with Crippen molar-refractivity contribution in [3.05, 3.63) is 64.4 Å². The fraction of sp³-hybridized carbons (Fsp3) is 0.200. The van der Waals surface area contributed by atoms with Crippen LogP contribution in [0.5, 0.6) is 0 Å². The minimum atomic E-state index is -0.286. The molecule has 3 rings (SSSR count). The molecule has 0 spiro atoms. The topological polar surface area (TPSA) is 12.0 Å². The smallest absolute Gasteiger partial charge is 0.124 e. The lowest BCUT2D eigenvalue weighted by molar-refractivity contribution is 0.626. The average molecular weight is 262 g/mol. The van der Waals surface area contributed by atoms with Gasteiger partial charge in [0.15, 0.2) is 0 Å². The van der Waals surface area contributed by atoms with Crippen LogP contribution in [0, 0.1) is 5.82 Å². The molecule has 0 aromatic heterocycles. The molecule has 0 saturated carbocycles. The van der Waals surface area contributed by atoms with Gasteiger partial charge in [-0.1, -0.05) is 35.9 Å². The molecule has 0 fully saturated rings. The van der Waals surface area contributed by atoms with E-state index < -0.39 is 0 Å². The van der Waals surface area contributed by atoms with Gasteiger partial charge in [0, 0.05) is 16.8 Å². The Balaban J connectivity index is 1.76. The molecule has 92 valence electrons. The standard InChI is InChI=1S/C15H13ClFN/c16-14-9-12(17)6-5-10(14)7-13-8-11-3-1-2-4-15(11)18-13/h1-6,9,13,18H,7-8H2. The van der Waals surface area contributed by atoms with Crippen LogP contribution in [0.15, 0.2) is 42.5 Å². The van der Waals surface area contributed by atoms with E-state index >= 15 is 0 Å². The third-order valence-corrected chi connectivity index (χ3v) is 3.68. The first kappa shape index (κ1) is 11.5. The summed E-state index contributed by atoms with van der Waals surface area (Å²) in [5.74, 6) is -0.286. The van der Waals surface area contributed by atoms with Crippen molar-refractivity contribution in [2.24, 2.45) is 0 Å². The number of para-hydroxylation sites is 1. The number of hydrogen-bond acceptors (Lipinski definition) is 1. The van der Waals surface area contributed by atoms with Crippen molar-refractivity contribution in [1.29, 1.82) is 0 Å². The van der Waals surface area contributed by atoms with Gasteiger partial charge in [0.05, 0.1) is 0 Å². The number of halogens is 2. The van der Waals surface area contributed by atoms with Gasteiger partial charge in [-0.15, -0.1) is 0 Å². The summed E-state index contributed by atoms with van der Waals surface area (Å²) < 4.78 is 13.0. The molecule has 0 radical (unpaired) electrons. The molecular weight excluding hydrogens is 249 g/mol. The van der Waals surface area contributed by atoms with Crippen LogP contribution < -0.4 is 5.32 Å². The normalized spacial score (nSPS) is 17.3. The average Bonchev–Trinajstić information content (AvgIpc) is 2.75. The highest BCUT2D eigenvalue weighted by Crippen LogP contribution is 2.28. The van der Waals surface area contributed by atoms with E-state index in [1.165, 1.54) is 23.4 Å². The summed E-state index contributed by atoms with van der Waals surface area (Å²) in [5.41, 5.74) is 3.52. The third kappa shape index (κ3) is 2.21. The largest absolute Gasteiger partial charge is 0.381 e. The number of nitrogens with one attached hydrogen (secondary N) is 1. The number of hydrogen-bond donors (Lipinski definition) is 1. The number of fused-ring (bicyclic) bond motifs is 1. The van der Waals surface area contributed by atoms with Gasteiger partial charge in [0.2, 0.25) is 0 Å². The SMILES string of the molecule is Fc1ccc(CC2Cc3ccccc3N2)c(Cl)c1. The Kier molecular flexibility index (Phi) is 2.96. The van der Waals surface area contributed by atoms with Gasteiger partial charge in [-0.2, -0.15) is 0 Å². The molecule has 2 aromatic rings. The van der Waals surface area contributed by atoms with Crippen molar-refractivity contribution < 1.29 is 4.39 Å². The molecule has 2 aromatic carbocycles. The Morgan fingerprint density at radius 1 is 1.22 bits per heavy atom. The van der Waals surface area contributed by atoms with Crippen molar-refractivity contribution in [2.75, 3.05) is 5.32 Å². The van der Waals surface area contributed by atoms with E-state index in [-0.39, 0.29) is 5.82 Å². The van der Waals surface area contributed by atoms with Gasteiger partial charge >= 0.3 is 0 Å². The Hall–Kier alpha value is -1.54. The number of anilines is 1. The van der Waals surface area contributed by atoms with Gasteiger partial charge < -0.3 is 5.32 Å². The Morgan fingerprint density at radius 2 is 2.06 bits per heavy atom. The number of benzene rings is 2. The van der Waals surface area contributed by atoms with Gasteiger partial charge in [-0.25, -0.2) is 4.39 Å². The summed E-state index contributed by atoms with van der Waals surface area (Å²) in [4.78, 5) is 0. The van der Waals surface area contributed by atoms with E-state index in [9.17, 15) is 4.39 Å². The summed E-state index contributed by atoms with van der Waals surface area (Å²) in [6.07, 6.45) is 1.80. The van der Waals surface area contributed by atoms with Crippen LogP contribution in [0.1, 0.15) is 11.1 Å². The Labute approximate surface area is 111 Å². The molecule has 1 N–H and O–H groups in total. The second kappa shape index (κ2) is 4.62. The second-order valence-corrected chi connectivity index (χ2v) is 5.05. The van der Waals surface area contributed by atoms with Gasteiger partial charge in [0.1, 0.15) is 5.82 Å². The van der Waals surface area contributed by atoms with E-state index in [4.69, 9.17) is 11.6 Å². The van der Waals surface area contributed by atoms with Crippen molar-refractivity contribution in [1.82, 2.24) is 0 Å². The molecule has 0 saturated heterocycles. The molecule has 1 heterocycles. The molecular formula is C15H13ClFN. The summed E-state index contributed by atoms with van der Waals surface area (Å²) in [6.45, 7) is 0. The highest BCUT2D eigenvalue weighted by Gasteiger charge is 2.20. The molecule has 3 heteroatoms. The first-order valence-electron chi connectivity index (χ1n) is 6.01. The maximum absolute atomic E-state index is 13.0. The van der Waals surface area contributed by atoms with Crippen LogP contribution in [0.25, 0.3) is 0 Å².